The molecule has 0 unspecified atom stereocenters. The molecule has 10 heteroatoms. The number of hydrogen-bond acceptors (Lipinski definition) is 6. The van der Waals surface area contributed by atoms with E-state index < -0.39 is 36.0 Å². The number of carbonyl (C=O) groups is 4. The van der Waals surface area contributed by atoms with E-state index in [2.05, 4.69) is 33.0 Å². The van der Waals surface area contributed by atoms with Gasteiger partial charge in [-0.05, 0) is 36.7 Å². The van der Waals surface area contributed by atoms with Crippen LogP contribution in [0.5, 0.6) is 0 Å². The molecule has 0 aliphatic carbocycles. The van der Waals surface area contributed by atoms with Gasteiger partial charge >= 0.3 is 5.97 Å². The van der Waals surface area contributed by atoms with Gasteiger partial charge in [0.15, 0.2) is 0 Å². The summed E-state index contributed by atoms with van der Waals surface area (Å²) < 4.78 is 11.8. The molecule has 1 saturated heterocycles. The van der Waals surface area contributed by atoms with Crippen LogP contribution in [0.25, 0.3) is 0 Å². The van der Waals surface area contributed by atoms with E-state index in [1.165, 1.54) is 7.11 Å². The third-order valence-corrected chi connectivity index (χ3v) is 9.72. The summed E-state index contributed by atoms with van der Waals surface area (Å²) >= 11 is 0. The highest BCUT2D eigenvalue weighted by Crippen LogP contribution is 2.30. The number of methoxy groups -OCH3 is 2. The van der Waals surface area contributed by atoms with Crippen molar-refractivity contribution >= 4 is 23.7 Å². The molecule has 8 atom stereocenters. The number of rotatable bonds is 18. The molecule has 1 aromatic carbocycles. The van der Waals surface area contributed by atoms with Gasteiger partial charge in [0.25, 0.3) is 0 Å². The predicted octanol–water partition coefficient (Wildman–Crippen LogP) is 4.40. The van der Waals surface area contributed by atoms with Crippen molar-refractivity contribution in [1.29, 1.82) is 0 Å². The molecule has 0 saturated carbocycles. The highest BCUT2D eigenvalue weighted by atomic mass is 16.5. The normalized spacial score (nSPS) is 19.7. The lowest BCUT2D eigenvalue weighted by Gasteiger charge is -2.40. The zero-order chi connectivity index (χ0) is 33.8. The van der Waals surface area contributed by atoms with Gasteiger partial charge < -0.3 is 29.7 Å². The minimum atomic E-state index is -1.12. The lowest BCUT2D eigenvalue weighted by atomic mass is 9.87. The molecular formula is C35H57N3O7. The van der Waals surface area contributed by atoms with Crippen molar-refractivity contribution in [2.24, 2.45) is 23.7 Å². The van der Waals surface area contributed by atoms with Crippen LogP contribution < -0.4 is 5.32 Å². The Hall–Kier alpha value is -2.98. The highest BCUT2D eigenvalue weighted by molar-refractivity contribution is 5.85. The summed E-state index contributed by atoms with van der Waals surface area (Å²) in [5.41, 5.74) is 0.805. The zero-order valence-corrected chi connectivity index (χ0v) is 28.8. The molecule has 3 amide bonds. The summed E-state index contributed by atoms with van der Waals surface area (Å²) in [6.07, 6.45) is 2.08. The first-order valence-electron chi connectivity index (χ1n) is 16.5. The average molecular weight is 632 g/mol. The second-order valence-corrected chi connectivity index (χ2v) is 12.9. The number of carbonyl (C=O) groups excluding carboxylic acids is 3. The summed E-state index contributed by atoms with van der Waals surface area (Å²) in [6, 6.07) is 7.42. The van der Waals surface area contributed by atoms with E-state index in [9.17, 15) is 24.3 Å². The number of aliphatic carboxylic acids is 1. The number of likely N-dealkylation sites (tertiary alicyclic amines) is 1. The van der Waals surface area contributed by atoms with Gasteiger partial charge in [-0.15, -0.1) is 0 Å². The maximum Gasteiger partial charge on any atom is 0.326 e. The van der Waals surface area contributed by atoms with E-state index in [4.69, 9.17) is 9.47 Å². The largest absolute Gasteiger partial charge is 0.480 e. The third-order valence-electron chi connectivity index (χ3n) is 9.72. The van der Waals surface area contributed by atoms with Crippen LogP contribution in [0.3, 0.4) is 0 Å². The molecule has 0 bridgehead atoms. The van der Waals surface area contributed by atoms with E-state index in [1.807, 2.05) is 44.3 Å². The van der Waals surface area contributed by atoms with Crippen LogP contribution in [0.1, 0.15) is 79.2 Å². The molecule has 1 heterocycles. The Balaban J connectivity index is 2.21. The molecular weight excluding hydrogens is 574 g/mol. The van der Waals surface area contributed by atoms with Crippen molar-refractivity contribution in [3.8, 4) is 0 Å². The smallest absolute Gasteiger partial charge is 0.326 e. The SMILES string of the molecule is CC[C@H](C(=O)N(C)[C@@H]([C@@H](C)CC)[C@@H](CC(=O)N1CCC[C@H]1[C@H](OC)[C@@H](C)C(=O)N[C@@H](Cc1ccccc1)C(=O)O)OC)C(C)C. The number of carboxylic acids is 1. The maximum atomic E-state index is 13.9. The fourth-order valence-electron chi connectivity index (χ4n) is 6.85. The molecule has 1 aliphatic rings. The molecule has 254 valence electrons. The molecule has 0 radical (unpaired) electrons. The van der Waals surface area contributed by atoms with Crippen molar-refractivity contribution in [3.63, 3.8) is 0 Å². The minimum absolute atomic E-state index is 0.0672. The third kappa shape index (κ3) is 10.0. The topological polar surface area (TPSA) is 125 Å². The summed E-state index contributed by atoms with van der Waals surface area (Å²) in [7, 11) is 4.93. The molecule has 10 nitrogen and oxygen atoms in total. The van der Waals surface area contributed by atoms with E-state index in [0.29, 0.717) is 13.0 Å². The average Bonchev–Trinajstić information content (AvgIpc) is 3.50. The summed E-state index contributed by atoms with van der Waals surface area (Å²) in [5, 5.41) is 12.5. The van der Waals surface area contributed by atoms with Crippen molar-refractivity contribution in [2.75, 3.05) is 27.8 Å². The monoisotopic (exact) mass is 631 g/mol. The van der Waals surface area contributed by atoms with Gasteiger partial charge in [-0.2, -0.15) is 0 Å². The number of amides is 3. The van der Waals surface area contributed by atoms with Crippen molar-refractivity contribution in [1.82, 2.24) is 15.1 Å². The zero-order valence-electron chi connectivity index (χ0n) is 28.8. The Bertz CT molecular complexity index is 1100. The first-order chi connectivity index (χ1) is 21.3. The molecule has 1 aromatic rings. The van der Waals surface area contributed by atoms with Crippen LogP contribution in [0, 0.1) is 23.7 Å². The van der Waals surface area contributed by atoms with E-state index >= 15 is 0 Å². The number of ether oxygens (including phenoxy) is 2. The number of nitrogens with zero attached hydrogens (tertiary/aromatic N) is 2. The van der Waals surface area contributed by atoms with Gasteiger partial charge in [0.2, 0.25) is 17.7 Å². The first-order valence-corrected chi connectivity index (χ1v) is 16.5. The number of carboxylic acid groups (broad SMARTS) is 1. The number of likely N-dealkylation sites (N-methyl/N-ethyl adjacent to an activating group) is 1. The molecule has 2 rings (SSSR count). The lowest BCUT2D eigenvalue weighted by Crippen LogP contribution is -2.54. The fraction of sp³-hybridized carbons (Fsp3) is 0.714. The van der Waals surface area contributed by atoms with Crippen LogP contribution in [-0.4, -0.2) is 96.7 Å². The molecule has 1 aliphatic heterocycles. The van der Waals surface area contributed by atoms with Crippen LogP contribution in [0.2, 0.25) is 0 Å². The Morgan fingerprint density at radius 3 is 2.18 bits per heavy atom. The minimum Gasteiger partial charge on any atom is -0.480 e. The van der Waals surface area contributed by atoms with Gasteiger partial charge in [0.1, 0.15) is 6.04 Å². The van der Waals surface area contributed by atoms with Gasteiger partial charge in [0, 0.05) is 40.2 Å². The molecule has 45 heavy (non-hydrogen) atoms. The summed E-state index contributed by atoms with van der Waals surface area (Å²) in [6.45, 7) is 12.5. The van der Waals surface area contributed by atoms with Gasteiger partial charge in [-0.25, -0.2) is 4.79 Å². The highest BCUT2D eigenvalue weighted by Gasteiger charge is 2.42. The molecule has 2 N–H and O–H groups in total. The van der Waals surface area contributed by atoms with Gasteiger partial charge in [-0.1, -0.05) is 78.3 Å². The van der Waals surface area contributed by atoms with Crippen LogP contribution in [0.4, 0.5) is 0 Å². The molecule has 0 aromatic heterocycles. The quantitative estimate of drug-likeness (QED) is 0.246. The summed E-state index contributed by atoms with van der Waals surface area (Å²) in [5.74, 6) is -2.12. The Labute approximate surface area is 270 Å². The second kappa shape index (κ2) is 18.2. The maximum absolute atomic E-state index is 13.9. The Morgan fingerprint density at radius 1 is 1.02 bits per heavy atom. The predicted molar refractivity (Wildman–Crippen MR) is 174 cm³/mol. The number of hydrogen-bond donors (Lipinski definition) is 2. The standard InChI is InChI=1S/C35H57N3O7/c1-10-23(5)31(37(7)34(41)26(11-2)22(3)4)29(44-8)21-30(39)38-19-15-18-28(38)32(45-9)24(6)33(40)36-27(35(42)43)20-25-16-13-12-14-17-25/h12-14,16-17,22-24,26-29,31-32H,10-11,15,18-21H2,1-9H3,(H,36,40)(H,42,43)/t23-,24+,26-,27-,28-,29+,31-,32+/m0/s1. The first kappa shape index (κ1) is 38.2. The summed E-state index contributed by atoms with van der Waals surface area (Å²) in [4.78, 5) is 56.4. The molecule has 1 fully saturated rings. The Morgan fingerprint density at radius 2 is 1.67 bits per heavy atom. The van der Waals surface area contributed by atoms with Crippen LogP contribution >= 0.6 is 0 Å². The van der Waals surface area contributed by atoms with Gasteiger partial charge in [-0.3, -0.25) is 14.4 Å². The van der Waals surface area contributed by atoms with E-state index in [0.717, 1.165) is 24.8 Å². The second-order valence-electron chi connectivity index (χ2n) is 12.9. The van der Waals surface area contributed by atoms with E-state index in [-0.39, 0.29) is 54.5 Å². The van der Waals surface area contributed by atoms with E-state index in [1.54, 1.807) is 23.8 Å². The van der Waals surface area contributed by atoms with Crippen molar-refractivity contribution < 1.29 is 33.8 Å². The van der Waals surface area contributed by atoms with Crippen LogP contribution in [-0.2, 0) is 35.1 Å². The molecule has 0 spiro atoms. The van der Waals surface area contributed by atoms with Crippen molar-refractivity contribution in [3.05, 3.63) is 35.9 Å². The van der Waals surface area contributed by atoms with Crippen molar-refractivity contribution in [2.45, 2.75) is 110 Å². The van der Waals surface area contributed by atoms with Crippen LogP contribution in [0.15, 0.2) is 30.3 Å². The fourth-order valence-corrected chi connectivity index (χ4v) is 6.85. The Kier molecular flexibility index (Phi) is 15.5. The lowest BCUT2D eigenvalue weighted by molar-refractivity contribution is -0.148. The number of nitrogens with one attached hydrogen (secondary N) is 1. The van der Waals surface area contributed by atoms with Gasteiger partial charge in [0.05, 0.1) is 36.6 Å². The number of benzene rings is 1.